The number of thiazole rings is 1. The van der Waals surface area contributed by atoms with Crippen molar-refractivity contribution in [2.24, 2.45) is 0 Å². The van der Waals surface area contributed by atoms with Crippen LogP contribution in [0.15, 0.2) is 12.3 Å². The molecule has 2 atom stereocenters. The zero-order valence-electron chi connectivity index (χ0n) is 17.7. The average Bonchev–Trinajstić information content (AvgIpc) is 3.35. The molecule has 0 saturated carbocycles. The third kappa shape index (κ3) is 4.11. The SMILES string of the molecule is CC(=O)Nc1nc(F)c(CN2C[C@@]3(Cc4cc(N5CCOCC5)ncc4O3)C[C@@H]2C)s1. The minimum absolute atomic E-state index is 0.242. The summed E-state index contributed by atoms with van der Waals surface area (Å²) in [6.07, 6.45) is 3.53. The van der Waals surface area contributed by atoms with E-state index < -0.39 is 5.95 Å². The average molecular weight is 448 g/mol. The first-order chi connectivity index (χ1) is 14.9. The molecule has 0 aliphatic carbocycles. The van der Waals surface area contributed by atoms with Crippen LogP contribution in [0.25, 0.3) is 0 Å². The minimum Gasteiger partial charge on any atom is -0.484 e. The number of hydrogen-bond donors (Lipinski definition) is 1. The summed E-state index contributed by atoms with van der Waals surface area (Å²) in [4.78, 5) is 24.7. The summed E-state index contributed by atoms with van der Waals surface area (Å²) in [5.74, 6) is 1.05. The fourth-order valence-electron chi connectivity index (χ4n) is 4.77. The van der Waals surface area contributed by atoms with Crippen molar-refractivity contribution in [2.45, 2.75) is 44.9 Å². The number of carbonyl (C=O) groups excluding carboxylic acids is 1. The van der Waals surface area contributed by atoms with Crippen molar-refractivity contribution in [3.8, 4) is 5.75 Å². The number of morpholine rings is 1. The van der Waals surface area contributed by atoms with Crippen LogP contribution in [0.2, 0.25) is 0 Å². The number of nitrogens with one attached hydrogen (secondary N) is 1. The van der Waals surface area contributed by atoms with E-state index in [1.807, 2.05) is 6.20 Å². The maximum Gasteiger partial charge on any atom is 0.230 e. The Kier molecular flexibility index (Phi) is 5.31. The number of aromatic nitrogens is 2. The van der Waals surface area contributed by atoms with Crippen LogP contribution < -0.4 is 15.0 Å². The molecular weight excluding hydrogens is 421 g/mol. The standard InChI is InChI=1S/C21H26FN5O3S/c1-13-8-21(12-27(13)11-17-19(22)25-20(31-17)24-14(2)28)9-15-7-18(23-10-16(15)30-21)26-3-5-29-6-4-26/h7,10,13H,3-6,8-9,11-12H2,1-2H3,(H,24,25,28)/t13-,21-/m0/s1. The second-order valence-corrected chi connectivity index (χ2v) is 9.67. The van der Waals surface area contributed by atoms with Crippen LogP contribution in [0.5, 0.6) is 5.75 Å². The van der Waals surface area contributed by atoms with E-state index >= 15 is 0 Å². The van der Waals surface area contributed by atoms with Gasteiger partial charge in [-0.05, 0) is 13.0 Å². The summed E-state index contributed by atoms with van der Waals surface area (Å²) in [6.45, 7) is 7.84. The molecule has 1 N–H and O–H groups in total. The molecule has 3 aliphatic heterocycles. The molecule has 2 aromatic heterocycles. The van der Waals surface area contributed by atoms with Crippen molar-refractivity contribution in [2.75, 3.05) is 43.1 Å². The lowest BCUT2D eigenvalue weighted by Gasteiger charge is -2.27. The monoisotopic (exact) mass is 447 g/mol. The molecule has 2 aromatic rings. The number of amides is 1. The topological polar surface area (TPSA) is 79.8 Å². The number of anilines is 2. The Morgan fingerprint density at radius 3 is 3.00 bits per heavy atom. The van der Waals surface area contributed by atoms with Crippen LogP contribution >= 0.6 is 11.3 Å². The minimum atomic E-state index is -0.517. The predicted molar refractivity (Wildman–Crippen MR) is 115 cm³/mol. The third-order valence-electron chi connectivity index (χ3n) is 6.17. The summed E-state index contributed by atoms with van der Waals surface area (Å²) < 4.78 is 26.2. The largest absolute Gasteiger partial charge is 0.484 e. The van der Waals surface area contributed by atoms with Gasteiger partial charge in [-0.3, -0.25) is 9.69 Å². The predicted octanol–water partition coefficient (Wildman–Crippen LogP) is 2.44. The first kappa shape index (κ1) is 20.6. The van der Waals surface area contributed by atoms with Crippen molar-refractivity contribution < 1.29 is 18.7 Å². The molecule has 2 fully saturated rings. The van der Waals surface area contributed by atoms with E-state index in [1.54, 1.807) is 0 Å². The molecule has 5 rings (SSSR count). The smallest absolute Gasteiger partial charge is 0.230 e. The van der Waals surface area contributed by atoms with Gasteiger partial charge >= 0.3 is 0 Å². The molecule has 31 heavy (non-hydrogen) atoms. The van der Waals surface area contributed by atoms with Gasteiger partial charge in [-0.15, -0.1) is 0 Å². The van der Waals surface area contributed by atoms with E-state index in [1.165, 1.54) is 23.8 Å². The van der Waals surface area contributed by atoms with E-state index in [0.29, 0.717) is 23.1 Å². The summed E-state index contributed by atoms with van der Waals surface area (Å²) in [5.41, 5.74) is 0.872. The maximum absolute atomic E-state index is 14.3. The molecule has 0 unspecified atom stereocenters. The number of carbonyl (C=O) groups is 1. The van der Waals surface area contributed by atoms with Crippen LogP contribution in [0.3, 0.4) is 0 Å². The van der Waals surface area contributed by atoms with Crippen molar-refractivity contribution in [3.63, 3.8) is 0 Å². The zero-order valence-corrected chi connectivity index (χ0v) is 18.5. The fraction of sp³-hybridized carbons (Fsp3) is 0.571. The van der Waals surface area contributed by atoms with Crippen LogP contribution in [0, 0.1) is 5.95 Å². The molecule has 1 amide bonds. The fourth-order valence-corrected chi connectivity index (χ4v) is 5.69. The molecule has 8 nitrogen and oxygen atoms in total. The van der Waals surface area contributed by atoms with Gasteiger partial charge in [-0.25, -0.2) is 4.98 Å². The highest BCUT2D eigenvalue weighted by atomic mass is 32.1. The van der Waals surface area contributed by atoms with Crippen molar-refractivity contribution in [3.05, 3.63) is 28.7 Å². The summed E-state index contributed by atoms with van der Waals surface area (Å²) in [5, 5.41) is 2.86. The Labute approximate surface area is 184 Å². The summed E-state index contributed by atoms with van der Waals surface area (Å²) >= 11 is 1.19. The van der Waals surface area contributed by atoms with Gasteiger partial charge in [0.1, 0.15) is 17.2 Å². The van der Waals surface area contributed by atoms with Gasteiger partial charge in [-0.1, -0.05) is 11.3 Å². The first-order valence-electron chi connectivity index (χ1n) is 10.6. The van der Waals surface area contributed by atoms with Crippen LogP contribution in [-0.2, 0) is 22.5 Å². The van der Waals surface area contributed by atoms with Crippen molar-refractivity contribution in [1.82, 2.24) is 14.9 Å². The summed E-state index contributed by atoms with van der Waals surface area (Å²) in [7, 11) is 0. The molecule has 3 aliphatic rings. The van der Waals surface area contributed by atoms with E-state index in [2.05, 4.69) is 38.1 Å². The molecule has 0 radical (unpaired) electrons. The van der Waals surface area contributed by atoms with E-state index in [0.717, 1.165) is 50.7 Å². The van der Waals surface area contributed by atoms with Crippen LogP contribution in [0.4, 0.5) is 15.3 Å². The maximum atomic E-state index is 14.3. The van der Waals surface area contributed by atoms with E-state index in [4.69, 9.17) is 9.47 Å². The van der Waals surface area contributed by atoms with Gasteiger partial charge < -0.3 is 19.7 Å². The number of fused-ring (bicyclic) bond motifs is 1. The quantitative estimate of drug-likeness (QED) is 0.771. The normalized spacial score (nSPS) is 25.6. The molecule has 0 bridgehead atoms. The van der Waals surface area contributed by atoms with Crippen LogP contribution in [0.1, 0.15) is 30.7 Å². The Balaban J connectivity index is 1.28. The molecular formula is C21H26FN5O3S. The van der Waals surface area contributed by atoms with Crippen LogP contribution in [-0.4, -0.2) is 65.3 Å². The van der Waals surface area contributed by atoms with Gasteiger partial charge in [0.15, 0.2) is 5.13 Å². The molecule has 5 heterocycles. The van der Waals surface area contributed by atoms with Gasteiger partial charge in [0, 0.05) is 57.5 Å². The number of ether oxygens (including phenoxy) is 2. The number of likely N-dealkylation sites (tertiary alicyclic amines) is 1. The summed E-state index contributed by atoms with van der Waals surface area (Å²) in [6, 6.07) is 2.39. The lowest BCUT2D eigenvalue weighted by atomic mass is 9.95. The second-order valence-electron chi connectivity index (χ2n) is 8.58. The highest BCUT2D eigenvalue weighted by Crippen LogP contribution is 2.43. The number of rotatable bonds is 4. The highest BCUT2D eigenvalue weighted by Gasteiger charge is 2.48. The highest BCUT2D eigenvalue weighted by molar-refractivity contribution is 7.15. The van der Waals surface area contributed by atoms with E-state index in [9.17, 15) is 9.18 Å². The number of hydrogen-bond acceptors (Lipinski definition) is 8. The van der Waals surface area contributed by atoms with Gasteiger partial charge in [0.25, 0.3) is 0 Å². The number of pyridine rings is 1. The Bertz CT molecular complexity index is 995. The number of halogens is 1. The van der Waals surface area contributed by atoms with Gasteiger partial charge in [0.05, 0.1) is 24.3 Å². The third-order valence-corrected chi connectivity index (χ3v) is 7.10. The second kappa shape index (κ2) is 7.99. The molecule has 2 saturated heterocycles. The first-order valence-corrected chi connectivity index (χ1v) is 11.4. The Hall–Kier alpha value is -2.30. The molecule has 1 spiro atoms. The Morgan fingerprint density at radius 1 is 1.42 bits per heavy atom. The molecule has 166 valence electrons. The molecule has 10 heteroatoms. The lowest BCUT2D eigenvalue weighted by molar-refractivity contribution is -0.114. The van der Waals surface area contributed by atoms with Gasteiger partial charge in [-0.2, -0.15) is 9.37 Å². The van der Waals surface area contributed by atoms with Crippen molar-refractivity contribution >= 4 is 28.2 Å². The van der Waals surface area contributed by atoms with E-state index in [-0.39, 0.29) is 17.6 Å². The zero-order chi connectivity index (χ0) is 21.6. The Morgan fingerprint density at radius 2 is 2.23 bits per heavy atom. The molecule has 0 aromatic carbocycles. The van der Waals surface area contributed by atoms with Gasteiger partial charge in [0.2, 0.25) is 11.9 Å². The number of nitrogens with zero attached hydrogens (tertiary/aromatic N) is 4. The van der Waals surface area contributed by atoms with Crippen molar-refractivity contribution in [1.29, 1.82) is 0 Å². The lowest BCUT2D eigenvalue weighted by Crippen LogP contribution is -2.37.